The van der Waals surface area contributed by atoms with Gasteiger partial charge in [0.1, 0.15) is 6.23 Å². The Hall–Kier alpha value is -2.16. The highest BCUT2D eigenvalue weighted by Crippen LogP contribution is 2.14. The van der Waals surface area contributed by atoms with Gasteiger partial charge in [0.2, 0.25) is 17.7 Å². The number of aliphatic hydroxyl groups is 1. The first-order chi connectivity index (χ1) is 18.2. The first kappa shape index (κ1) is 35.8. The van der Waals surface area contributed by atoms with Crippen LogP contribution >= 0.6 is 0 Å². The zero-order valence-electron chi connectivity index (χ0n) is 23.3. The van der Waals surface area contributed by atoms with Gasteiger partial charge in [-0.15, -0.1) is 0 Å². The number of amides is 3. The topological polar surface area (TPSA) is 213 Å². The van der Waals surface area contributed by atoms with E-state index in [9.17, 15) is 24.3 Å². The summed E-state index contributed by atoms with van der Waals surface area (Å²) in [5.74, 6) is -2.41. The van der Waals surface area contributed by atoms with E-state index in [1.54, 1.807) is 0 Å². The van der Waals surface area contributed by atoms with Gasteiger partial charge in [0, 0.05) is 78.2 Å². The third-order valence-electron chi connectivity index (χ3n) is 5.69. The third-order valence-corrected chi connectivity index (χ3v) is 5.69. The monoisotopic (exact) mass is 544 g/mol. The number of nitrogens with two attached hydrogens (primary N) is 2. The van der Waals surface area contributed by atoms with Crippen molar-refractivity contribution < 1.29 is 24.3 Å². The molecule has 0 radical (unpaired) electrons. The normalized spacial score (nSPS) is 13.4. The summed E-state index contributed by atoms with van der Waals surface area (Å²) in [7, 11) is 0. The zero-order chi connectivity index (χ0) is 28.6. The molecule has 11 N–H and O–H groups in total. The molecule has 0 spiro atoms. The lowest BCUT2D eigenvalue weighted by atomic mass is 9.92. The minimum absolute atomic E-state index is 0.163. The number of carbonyl (C=O) groups is 4. The number of Topliss-reactive ketones (excluding diaryl/α,β-unsaturated/α-hetero) is 1. The summed E-state index contributed by atoms with van der Waals surface area (Å²) in [6.07, 6.45) is 2.28. The maximum Gasteiger partial charge on any atom is 0.224 e. The molecule has 3 amide bonds. The predicted octanol–water partition coefficient (Wildman–Crippen LogP) is -2.34. The summed E-state index contributed by atoms with van der Waals surface area (Å²) in [4.78, 5) is 51.0. The SMILES string of the molecule is CCCCCCNC(=O)[C@H](CC(=O)NCCNCCN)CC(=O)[C@@H](CC(=O)NCCNCCN)NC(C)O. The molecule has 0 rings (SSSR count). The zero-order valence-corrected chi connectivity index (χ0v) is 23.3. The quantitative estimate of drug-likeness (QED) is 0.0441. The van der Waals surface area contributed by atoms with Crippen molar-refractivity contribution in [3.8, 4) is 0 Å². The summed E-state index contributed by atoms with van der Waals surface area (Å²) in [5, 5.41) is 26.9. The summed E-state index contributed by atoms with van der Waals surface area (Å²) in [6.45, 7) is 8.02. The van der Waals surface area contributed by atoms with E-state index in [0.717, 1.165) is 25.7 Å². The Morgan fingerprint density at radius 3 is 1.82 bits per heavy atom. The number of hydrogen-bond donors (Lipinski definition) is 9. The van der Waals surface area contributed by atoms with Crippen LogP contribution in [0, 0.1) is 5.92 Å². The Morgan fingerprint density at radius 1 is 0.711 bits per heavy atom. The molecule has 0 fully saturated rings. The van der Waals surface area contributed by atoms with Gasteiger partial charge < -0.3 is 43.2 Å². The lowest BCUT2D eigenvalue weighted by Crippen LogP contribution is -2.47. The van der Waals surface area contributed by atoms with Crippen LogP contribution in [0.25, 0.3) is 0 Å². The molecule has 0 aliphatic carbocycles. The van der Waals surface area contributed by atoms with E-state index >= 15 is 0 Å². The van der Waals surface area contributed by atoms with E-state index in [1.165, 1.54) is 6.92 Å². The van der Waals surface area contributed by atoms with Crippen molar-refractivity contribution in [1.29, 1.82) is 0 Å². The van der Waals surface area contributed by atoms with Crippen LogP contribution in [0.5, 0.6) is 0 Å². The highest BCUT2D eigenvalue weighted by Gasteiger charge is 2.30. The fraction of sp³-hybridized carbons (Fsp3) is 0.840. The molecule has 38 heavy (non-hydrogen) atoms. The van der Waals surface area contributed by atoms with Crippen molar-refractivity contribution in [3.05, 3.63) is 0 Å². The molecular formula is C25H52N8O5. The van der Waals surface area contributed by atoms with Crippen molar-refractivity contribution in [1.82, 2.24) is 31.9 Å². The predicted molar refractivity (Wildman–Crippen MR) is 148 cm³/mol. The van der Waals surface area contributed by atoms with Crippen LogP contribution in [0.15, 0.2) is 0 Å². The number of nitrogens with one attached hydrogen (secondary N) is 6. The van der Waals surface area contributed by atoms with Crippen molar-refractivity contribution in [2.75, 3.05) is 58.9 Å². The number of carbonyl (C=O) groups excluding carboxylic acids is 4. The number of hydrogen-bond acceptors (Lipinski definition) is 10. The van der Waals surface area contributed by atoms with E-state index in [0.29, 0.717) is 58.9 Å². The largest absolute Gasteiger partial charge is 0.379 e. The van der Waals surface area contributed by atoms with Crippen LogP contribution in [-0.2, 0) is 19.2 Å². The van der Waals surface area contributed by atoms with E-state index < -0.39 is 24.0 Å². The number of ketones is 1. The number of aliphatic hydroxyl groups excluding tert-OH is 1. The van der Waals surface area contributed by atoms with Gasteiger partial charge >= 0.3 is 0 Å². The first-order valence-corrected chi connectivity index (χ1v) is 13.8. The van der Waals surface area contributed by atoms with Gasteiger partial charge in [-0.2, -0.15) is 0 Å². The van der Waals surface area contributed by atoms with Crippen molar-refractivity contribution in [2.45, 2.75) is 71.1 Å². The molecule has 0 aromatic carbocycles. The Balaban J connectivity index is 5.13. The highest BCUT2D eigenvalue weighted by atomic mass is 16.3. The maximum atomic E-state index is 13.2. The first-order valence-electron chi connectivity index (χ1n) is 13.8. The average molecular weight is 545 g/mol. The lowest BCUT2D eigenvalue weighted by Gasteiger charge is -2.22. The fourth-order valence-corrected chi connectivity index (χ4v) is 3.70. The molecule has 13 nitrogen and oxygen atoms in total. The van der Waals surface area contributed by atoms with Crippen molar-refractivity contribution in [2.24, 2.45) is 17.4 Å². The Labute approximate surface area is 227 Å². The van der Waals surface area contributed by atoms with Gasteiger partial charge in [-0.25, -0.2) is 0 Å². The second-order valence-electron chi connectivity index (χ2n) is 9.30. The number of unbranched alkanes of at least 4 members (excludes halogenated alkanes) is 3. The van der Waals surface area contributed by atoms with Crippen LogP contribution in [0.2, 0.25) is 0 Å². The van der Waals surface area contributed by atoms with Crippen LogP contribution < -0.4 is 43.4 Å². The van der Waals surface area contributed by atoms with Gasteiger partial charge in [-0.3, -0.25) is 24.5 Å². The molecule has 0 aromatic heterocycles. The minimum atomic E-state index is -1.04. The molecule has 0 bridgehead atoms. The fourth-order valence-electron chi connectivity index (χ4n) is 3.70. The number of rotatable bonds is 25. The van der Waals surface area contributed by atoms with E-state index in [2.05, 4.69) is 38.8 Å². The molecule has 0 aliphatic rings. The summed E-state index contributed by atoms with van der Waals surface area (Å²) < 4.78 is 0. The van der Waals surface area contributed by atoms with Crippen LogP contribution in [0.1, 0.15) is 58.8 Å². The molecule has 222 valence electrons. The van der Waals surface area contributed by atoms with E-state index in [4.69, 9.17) is 11.5 Å². The molecule has 0 heterocycles. The third kappa shape index (κ3) is 19.9. The Bertz CT molecular complexity index is 666. The molecule has 1 unspecified atom stereocenters. The standard InChI is InChI=1S/C25H52N8O5/c1-3-4-5-6-9-32-25(38)20(17-23(36)30-14-12-28-10-7-26)16-22(35)21(33-19(2)34)18-24(37)31-15-13-29-11-8-27/h19-21,28-29,33-34H,3-18,26-27H2,1-2H3,(H,30,36)(H,31,37)(H,32,38)/t19?,20-,21+/m0/s1. The van der Waals surface area contributed by atoms with Crippen LogP contribution in [0.4, 0.5) is 0 Å². The van der Waals surface area contributed by atoms with Crippen LogP contribution in [0.3, 0.4) is 0 Å². The molecule has 0 saturated carbocycles. The second-order valence-corrected chi connectivity index (χ2v) is 9.30. The molecule has 0 saturated heterocycles. The van der Waals surface area contributed by atoms with E-state index in [1.807, 2.05) is 0 Å². The lowest BCUT2D eigenvalue weighted by molar-refractivity contribution is -0.134. The highest BCUT2D eigenvalue weighted by molar-refractivity contribution is 5.94. The Kier molecular flexibility index (Phi) is 22.6. The van der Waals surface area contributed by atoms with E-state index in [-0.39, 0.29) is 37.0 Å². The molecule has 0 aliphatic heterocycles. The minimum Gasteiger partial charge on any atom is -0.379 e. The van der Waals surface area contributed by atoms with Crippen molar-refractivity contribution in [3.63, 3.8) is 0 Å². The summed E-state index contributed by atoms with van der Waals surface area (Å²) >= 11 is 0. The smallest absolute Gasteiger partial charge is 0.224 e. The average Bonchev–Trinajstić information content (AvgIpc) is 2.87. The maximum absolute atomic E-state index is 13.2. The summed E-state index contributed by atoms with van der Waals surface area (Å²) in [6, 6.07) is -1.00. The second kappa shape index (κ2) is 23.9. The summed E-state index contributed by atoms with van der Waals surface area (Å²) in [5.41, 5.74) is 10.8. The Morgan fingerprint density at radius 2 is 1.29 bits per heavy atom. The molecule has 13 heteroatoms. The van der Waals surface area contributed by atoms with Gasteiger partial charge in [0.05, 0.1) is 12.0 Å². The molecule has 0 aromatic rings. The molecule has 3 atom stereocenters. The van der Waals surface area contributed by atoms with Crippen LogP contribution in [-0.4, -0.2) is 99.8 Å². The van der Waals surface area contributed by atoms with Gasteiger partial charge in [-0.05, 0) is 13.3 Å². The van der Waals surface area contributed by atoms with Gasteiger partial charge in [0.15, 0.2) is 5.78 Å². The van der Waals surface area contributed by atoms with Crippen molar-refractivity contribution >= 4 is 23.5 Å². The van der Waals surface area contributed by atoms with Gasteiger partial charge in [-0.1, -0.05) is 26.2 Å². The molecular weight excluding hydrogens is 492 g/mol. The van der Waals surface area contributed by atoms with Gasteiger partial charge in [0.25, 0.3) is 0 Å².